The molecule has 19 heavy (non-hydrogen) atoms. The van der Waals surface area contributed by atoms with E-state index < -0.39 is 26.5 Å². The van der Waals surface area contributed by atoms with Crippen molar-refractivity contribution < 1.29 is 27.6 Å². The molecule has 0 aromatic heterocycles. The van der Waals surface area contributed by atoms with E-state index in [0.29, 0.717) is 6.61 Å². The molecular formula is C12H15O6S-. The Morgan fingerprint density at radius 3 is 2.58 bits per heavy atom. The summed E-state index contributed by atoms with van der Waals surface area (Å²) in [5, 5.41) is 8.90. The van der Waals surface area contributed by atoms with E-state index in [-0.39, 0.29) is 5.75 Å². The van der Waals surface area contributed by atoms with Crippen LogP contribution in [0, 0.1) is 0 Å². The highest BCUT2D eigenvalue weighted by Crippen LogP contribution is 2.22. The summed E-state index contributed by atoms with van der Waals surface area (Å²) in [5.41, 5.74) is -0.567. The molecule has 1 aromatic rings. The molecule has 0 heterocycles. The topological polar surface area (TPSA) is 104 Å². The molecular weight excluding hydrogens is 272 g/mol. The van der Waals surface area contributed by atoms with Gasteiger partial charge in [0.15, 0.2) is 0 Å². The molecule has 1 aromatic carbocycles. The van der Waals surface area contributed by atoms with Crippen LogP contribution in [0.2, 0.25) is 0 Å². The molecule has 7 heteroatoms. The van der Waals surface area contributed by atoms with Crippen LogP contribution in [0.1, 0.15) is 36.5 Å². The maximum atomic E-state index is 10.9. The standard InChI is InChI=1S/C12H16O6S/c1-2-3-4-7-18-9-5-6-11(19(15,16)17)10(8-9)12(13)14/h5-6,8H,2-4,7H2,1H3,(H,13,14)(H,15,16,17)/p-1. The van der Waals surface area contributed by atoms with Crippen LogP contribution < -0.4 is 4.74 Å². The summed E-state index contributed by atoms with van der Waals surface area (Å²) in [5.74, 6) is -1.24. The Labute approximate surface area is 111 Å². The maximum Gasteiger partial charge on any atom is 0.337 e. The summed E-state index contributed by atoms with van der Waals surface area (Å²) >= 11 is 0. The number of carboxylic acid groups (broad SMARTS) is 1. The van der Waals surface area contributed by atoms with Crippen LogP contribution in [0.15, 0.2) is 23.1 Å². The van der Waals surface area contributed by atoms with E-state index in [2.05, 4.69) is 0 Å². The van der Waals surface area contributed by atoms with Crippen LogP contribution in [0.25, 0.3) is 0 Å². The number of benzene rings is 1. The molecule has 0 saturated carbocycles. The maximum absolute atomic E-state index is 10.9. The van der Waals surface area contributed by atoms with Crippen LogP contribution >= 0.6 is 0 Å². The molecule has 1 rings (SSSR count). The van der Waals surface area contributed by atoms with E-state index in [4.69, 9.17) is 9.84 Å². The van der Waals surface area contributed by atoms with Gasteiger partial charge in [-0.1, -0.05) is 19.8 Å². The van der Waals surface area contributed by atoms with Crippen LogP contribution in [0.3, 0.4) is 0 Å². The van der Waals surface area contributed by atoms with Gasteiger partial charge < -0.3 is 14.4 Å². The second-order valence-electron chi connectivity index (χ2n) is 3.97. The highest BCUT2D eigenvalue weighted by molar-refractivity contribution is 7.85. The second-order valence-corrected chi connectivity index (χ2v) is 5.32. The normalized spacial score (nSPS) is 11.3. The predicted octanol–water partition coefficient (Wildman–Crippen LogP) is 1.86. The molecule has 0 radical (unpaired) electrons. The van der Waals surface area contributed by atoms with Crippen molar-refractivity contribution in [3.05, 3.63) is 23.8 Å². The first-order valence-corrected chi connectivity index (χ1v) is 7.23. The third-order valence-corrected chi connectivity index (χ3v) is 3.36. The van der Waals surface area contributed by atoms with Gasteiger partial charge in [0, 0.05) is 0 Å². The number of carboxylic acids is 1. The number of hydrogen-bond acceptors (Lipinski definition) is 5. The van der Waals surface area contributed by atoms with Crippen LogP contribution in [0.5, 0.6) is 5.75 Å². The average Bonchev–Trinajstić information content (AvgIpc) is 2.33. The fraction of sp³-hybridized carbons (Fsp3) is 0.417. The number of carbonyl (C=O) groups is 1. The molecule has 0 aliphatic rings. The Kier molecular flexibility index (Phi) is 5.31. The number of aromatic carboxylic acids is 1. The molecule has 0 aliphatic heterocycles. The lowest BCUT2D eigenvalue weighted by molar-refractivity contribution is 0.0691. The molecule has 0 bridgehead atoms. The molecule has 6 nitrogen and oxygen atoms in total. The van der Waals surface area contributed by atoms with Gasteiger partial charge in [0.2, 0.25) is 0 Å². The average molecular weight is 287 g/mol. The zero-order valence-corrected chi connectivity index (χ0v) is 11.3. The lowest BCUT2D eigenvalue weighted by Gasteiger charge is -2.12. The Morgan fingerprint density at radius 1 is 1.37 bits per heavy atom. The quantitative estimate of drug-likeness (QED) is 0.606. The predicted molar refractivity (Wildman–Crippen MR) is 66.4 cm³/mol. The zero-order valence-electron chi connectivity index (χ0n) is 10.5. The molecule has 0 fully saturated rings. The summed E-state index contributed by atoms with van der Waals surface area (Å²) in [6.07, 6.45) is 2.83. The van der Waals surface area contributed by atoms with E-state index in [9.17, 15) is 17.8 Å². The fourth-order valence-corrected chi connectivity index (χ4v) is 2.18. The minimum absolute atomic E-state index is 0.237. The summed E-state index contributed by atoms with van der Waals surface area (Å²) in [6, 6.07) is 3.29. The smallest absolute Gasteiger partial charge is 0.337 e. The third-order valence-electron chi connectivity index (χ3n) is 2.47. The summed E-state index contributed by atoms with van der Waals surface area (Å²) in [4.78, 5) is 10.2. The van der Waals surface area contributed by atoms with E-state index in [1.165, 1.54) is 6.07 Å². The van der Waals surface area contributed by atoms with Gasteiger partial charge in [-0.25, -0.2) is 13.2 Å². The van der Waals surface area contributed by atoms with Crippen molar-refractivity contribution in [2.24, 2.45) is 0 Å². The number of ether oxygens (including phenoxy) is 1. The summed E-state index contributed by atoms with van der Waals surface area (Å²) in [7, 11) is -4.81. The minimum atomic E-state index is -4.81. The van der Waals surface area contributed by atoms with Crippen molar-refractivity contribution in [1.82, 2.24) is 0 Å². The lowest BCUT2D eigenvalue weighted by Crippen LogP contribution is -2.09. The van der Waals surface area contributed by atoms with Crippen molar-refractivity contribution in [1.29, 1.82) is 0 Å². The molecule has 0 spiro atoms. The van der Waals surface area contributed by atoms with E-state index >= 15 is 0 Å². The van der Waals surface area contributed by atoms with E-state index in [1.807, 2.05) is 6.92 Å². The Balaban J connectivity index is 2.94. The Hall–Kier alpha value is -1.60. The lowest BCUT2D eigenvalue weighted by atomic mass is 10.2. The van der Waals surface area contributed by atoms with Gasteiger partial charge in [0.25, 0.3) is 0 Å². The van der Waals surface area contributed by atoms with Gasteiger partial charge in [-0.3, -0.25) is 0 Å². The first kappa shape index (κ1) is 15.5. The number of unbranched alkanes of at least 4 members (excludes halogenated alkanes) is 2. The SMILES string of the molecule is CCCCCOc1ccc(S(=O)(=O)[O-])c(C(=O)O)c1. The highest BCUT2D eigenvalue weighted by Gasteiger charge is 2.16. The first-order chi connectivity index (χ1) is 8.86. The zero-order chi connectivity index (χ0) is 14.5. The highest BCUT2D eigenvalue weighted by atomic mass is 32.2. The van der Waals surface area contributed by atoms with Crippen molar-refractivity contribution in [2.45, 2.75) is 31.1 Å². The van der Waals surface area contributed by atoms with Gasteiger partial charge in [0.05, 0.1) is 17.1 Å². The van der Waals surface area contributed by atoms with Gasteiger partial charge in [-0.2, -0.15) is 0 Å². The van der Waals surface area contributed by atoms with Crippen LogP contribution in [0.4, 0.5) is 0 Å². The summed E-state index contributed by atoms with van der Waals surface area (Å²) in [6.45, 7) is 2.45. The van der Waals surface area contributed by atoms with Crippen molar-refractivity contribution in [3.8, 4) is 5.75 Å². The van der Waals surface area contributed by atoms with Crippen molar-refractivity contribution >= 4 is 16.1 Å². The fourth-order valence-electron chi connectivity index (χ4n) is 1.53. The largest absolute Gasteiger partial charge is 0.744 e. The second kappa shape index (κ2) is 6.53. The molecule has 0 saturated heterocycles. The Bertz CT molecular complexity index is 549. The van der Waals surface area contributed by atoms with Gasteiger partial charge in [0.1, 0.15) is 15.9 Å². The van der Waals surface area contributed by atoms with Gasteiger partial charge in [-0.05, 0) is 24.6 Å². The first-order valence-electron chi connectivity index (χ1n) is 5.82. The molecule has 0 unspecified atom stereocenters. The van der Waals surface area contributed by atoms with E-state index in [1.54, 1.807) is 0 Å². The van der Waals surface area contributed by atoms with E-state index in [0.717, 1.165) is 31.4 Å². The van der Waals surface area contributed by atoms with Crippen molar-refractivity contribution in [2.75, 3.05) is 6.61 Å². The molecule has 0 atom stereocenters. The van der Waals surface area contributed by atoms with Crippen molar-refractivity contribution in [3.63, 3.8) is 0 Å². The molecule has 0 amide bonds. The minimum Gasteiger partial charge on any atom is -0.744 e. The number of rotatable bonds is 7. The van der Waals surface area contributed by atoms with Gasteiger partial charge in [-0.15, -0.1) is 0 Å². The monoisotopic (exact) mass is 287 g/mol. The summed E-state index contributed by atoms with van der Waals surface area (Å²) < 4.78 is 38.0. The van der Waals surface area contributed by atoms with Gasteiger partial charge >= 0.3 is 5.97 Å². The molecule has 106 valence electrons. The van der Waals surface area contributed by atoms with Crippen LogP contribution in [-0.2, 0) is 10.1 Å². The van der Waals surface area contributed by atoms with Crippen LogP contribution in [-0.4, -0.2) is 30.7 Å². The molecule has 0 aliphatic carbocycles. The third kappa shape index (κ3) is 4.53. The molecule has 1 N–H and O–H groups in total. The Morgan fingerprint density at radius 2 is 2.05 bits per heavy atom. The number of hydrogen-bond donors (Lipinski definition) is 1.